The summed E-state index contributed by atoms with van der Waals surface area (Å²) < 4.78 is 13.5. The average molecular weight is 411 g/mol. The summed E-state index contributed by atoms with van der Waals surface area (Å²) in [5.41, 5.74) is 8.86. The van der Waals surface area contributed by atoms with Gasteiger partial charge in [-0.15, -0.1) is 0 Å². The van der Waals surface area contributed by atoms with E-state index in [4.69, 9.17) is 5.73 Å². The molecule has 4 heteroatoms. The molecule has 156 valence electrons. The first-order valence-electron chi connectivity index (χ1n) is 10.8. The number of allylic oxidation sites excluding steroid dienone is 4. The summed E-state index contributed by atoms with van der Waals surface area (Å²) >= 11 is -1.01. The molecule has 1 heterocycles. The number of hydrogen-bond donors (Lipinski definition) is 2. The molecule has 2 unspecified atom stereocenters. The fourth-order valence-electron chi connectivity index (χ4n) is 4.97. The van der Waals surface area contributed by atoms with Gasteiger partial charge in [0.1, 0.15) is 5.75 Å². The number of rotatable bonds is 6. The van der Waals surface area contributed by atoms with Gasteiger partial charge in [0.25, 0.3) is 0 Å². The maximum absolute atomic E-state index is 13.5. The molecular weight excluding hydrogens is 376 g/mol. The number of benzene rings is 1. The lowest BCUT2D eigenvalue weighted by Crippen LogP contribution is -2.38. The second kappa shape index (κ2) is 9.32. The smallest absolute Gasteiger partial charge is 0.156 e. The van der Waals surface area contributed by atoms with Gasteiger partial charge in [0.15, 0.2) is 4.90 Å². The third-order valence-electron chi connectivity index (χ3n) is 6.92. The summed E-state index contributed by atoms with van der Waals surface area (Å²) in [6.07, 6.45) is 10.5. The van der Waals surface area contributed by atoms with Crippen molar-refractivity contribution in [2.75, 3.05) is 18.1 Å². The van der Waals surface area contributed by atoms with Crippen LogP contribution in [-0.4, -0.2) is 17.4 Å². The number of unbranched alkanes of at least 4 members (excludes halogenated alkanes) is 1. The largest absolute Gasteiger partial charge is 0.611 e. The lowest BCUT2D eigenvalue weighted by Gasteiger charge is -2.41. The highest BCUT2D eigenvalue weighted by Crippen LogP contribution is 2.53. The molecule has 0 aromatic heterocycles. The Morgan fingerprint density at radius 1 is 1.34 bits per heavy atom. The maximum atomic E-state index is 13.5. The van der Waals surface area contributed by atoms with E-state index in [9.17, 15) is 4.55 Å². The Kier molecular flexibility index (Phi) is 7.03. The van der Waals surface area contributed by atoms with E-state index in [1.165, 1.54) is 12.0 Å². The van der Waals surface area contributed by atoms with E-state index in [1.54, 1.807) is 0 Å². The minimum absolute atomic E-state index is 0.0468. The summed E-state index contributed by atoms with van der Waals surface area (Å²) in [5, 5.41) is 3.26. The zero-order valence-electron chi connectivity index (χ0n) is 18.1. The Morgan fingerprint density at radius 3 is 2.83 bits per heavy atom. The van der Waals surface area contributed by atoms with Crippen molar-refractivity contribution in [1.82, 2.24) is 0 Å². The molecular formula is C25H34N2OS. The fourth-order valence-corrected chi connectivity index (χ4v) is 6.94. The van der Waals surface area contributed by atoms with E-state index in [1.807, 2.05) is 25.3 Å². The Labute approximate surface area is 179 Å². The summed E-state index contributed by atoms with van der Waals surface area (Å²) in [4.78, 5) is 0.980. The third-order valence-corrected chi connectivity index (χ3v) is 8.62. The topological polar surface area (TPSA) is 61.1 Å². The number of fused-ring (bicyclic) bond motifs is 1. The zero-order valence-corrected chi connectivity index (χ0v) is 18.9. The van der Waals surface area contributed by atoms with Gasteiger partial charge in [-0.3, -0.25) is 0 Å². The van der Waals surface area contributed by atoms with Gasteiger partial charge in [0, 0.05) is 35.5 Å². The minimum atomic E-state index is -1.01. The molecule has 0 amide bonds. The normalized spacial score (nSPS) is 31.0. The zero-order chi connectivity index (χ0) is 21.0. The Hall–Kier alpha value is -1.83. The van der Waals surface area contributed by atoms with Crippen molar-refractivity contribution in [3.05, 3.63) is 47.7 Å². The Balaban J connectivity index is 2.17. The van der Waals surface area contributed by atoms with Gasteiger partial charge in [-0.05, 0) is 60.1 Å². The van der Waals surface area contributed by atoms with Gasteiger partial charge in [-0.1, -0.05) is 51.7 Å². The molecule has 1 aromatic rings. The van der Waals surface area contributed by atoms with Crippen LogP contribution in [0.15, 0.2) is 47.0 Å². The van der Waals surface area contributed by atoms with Gasteiger partial charge in [-0.25, -0.2) is 0 Å². The van der Waals surface area contributed by atoms with Crippen LogP contribution in [0.1, 0.15) is 57.9 Å². The molecule has 2 aliphatic rings. The number of nitrogens with two attached hydrogens (primary N) is 1. The van der Waals surface area contributed by atoms with Crippen LogP contribution in [0.5, 0.6) is 0 Å². The molecule has 0 saturated heterocycles. The highest BCUT2D eigenvalue weighted by Gasteiger charge is 2.48. The molecule has 3 nitrogen and oxygen atoms in total. The first-order chi connectivity index (χ1) is 14.0. The monoisotopic (exact) mass is 410 g/mol. The molecule has 3 rings (SSSR count). The quantitative estimate of drug-likeness (QED) is 0.501. The predicted octanol–water partition coefficient (Wildman–Crippen LogP) is 5.19. The highest BCUT2D eigenvalue weighted by molar-refractivity contribution is 7.91. The van der Waals surface area contributed by atoms with Crippen LogP contribution in [-0.2, 0) is 11.2 Å². The number of hydrogen-bond acceptors (Lipinski definition) is 3. The first kappa shape index (κ1) is 21.9. The maximum Gasteiger partial charge on any atom is 0.156 e. The van der Waals surface area contributed by atoms with Crippen LogP contribution in [0.3, 0.4) is 0 Å². The van der Waals surface area contributed by atoms with Gasteiger partial charge in [-0.2, -0.15) is 0 Å². The summed E-state index contributed by atoms with van der Waals surface area (Å²) in [7, 11) is 1.93. The molecule has 5 atom stereocenters. The van der Waals surface area contributed by atoms with Crippen molar-refractivity contribution in [3.63, 3.8) is 0 Å². The van der Waals surface area contributed by atoms with Gasteiger partial charge >= 0.3 is 0 Å². The Morgan fingerprint density at radius 2 is 2.14 bits per heavy atom. The van der Waals surface area contributed by atoms with Crippen molar-refractivity contribution in [2.24, 2.45) is 23.0 Å². The van der Waals surface area contributed by atoms with Crippen LogP contribution in [0.25, 0.3) is 0 Å². The highest BCUT2D eigenvalue weighted by atomic mass is 32.2. The van der Waals surface area contributed by atoms with E-state index < -0.39 is 11.2 Å². The second-order valence-corrected chi connectivity index (χ2v) is 9.85. The van der Waals surface area contributed by atoms with Crippen molar-refractivity contribution in [3.8, 4) is 11.8 Å². The fraction of sp³-hybridized carbons (Fsp3) is 0.520. The van der Waals surface area contributed by atoms with E-state index in [0.717, 1.165) is 35.6 Å². The average Bonchev–Trinajstić information content (AvgIpc) is 2.99. The van der Waals surface area contributed by atoms with Crippen molar-refractivity contribution >= 4 is 16.9 Å². The molecule has 3 N–H and O–H groups in total. The van der Waals surface area contributed by atoms with Crippen LogP contribution in [0.4, 0.5) is 5.69 Å². The van der Waals surface area contributed by atoms with Crippen molar-refractivity contribution < 1.29 is 4.55 Å². The van der Waals surface area contributed by atoms with Crippen molar-refractivity contribution in [1.29, 1.82) is 0 Å². The van der Waals surface area contributed by atoms with E-state index in [0.29, 0.717) is 11.6 Å². The van der Waals surface area contributed by atoms with E-state index in [2.05, 4.69) is 56.1 Å². The minimum Gasteiger partial charge on any atom is -0.611 e. The van der Waals surface area contributed by atoms with Gasteiger partial charge in [0.05, 0.1) is 5.70 Å². The third kappa shape index (κ3) is 4.37. The summed E-state index contributed by atoms with van der Waals surface area (Å²) in [6, 6.07) is 6.29. The lowest BCUT2D eigenvalue weighted by atomic mass is 9.62. The Bertz CT molecular complexity index is 850. The molecule has 1 aromatic carbocycles. The molecule has 0 saturated carbocycles. The van der Waals surface area contributed by atoms with Crippen molar-refractivity contribution in [2.45, 2.75) is 57.3 Å². The van der Waals surface area contributed by atoms with E-state index >= 15 is 0 Å². The second-order valence-electron chi connectivity index (χ2n) is 8.43. The molecule has 0 spiro atoms. The predicted molar refractivity (Wildman–Crippen MR) is 124 cm³/mol. The SMILES string of the molecule is CCCC[C@@]1(CC)C[S+]([O-])c2ccc(NC)cc2[C@H](C2C#CC(N)=CC=C2)[C@@H]1C. The molecule has 1 aliphatic heterocycles. The van der Waals surface area contributed by atoms with Crippen LogP contribution >= 0.6 is 0 Å². The summed E-state index contributed by atoms with van der Waals surface area (Å²) in [6.45, 7) is 6.87. The molecule has 29 heavy (non-hydrogen) atoms. The molecule has 0 radical (unpaired) electrons. The standard InChI is InChI=1S/C25H34N2OS/c1-5-7-15-25(6-2)17-29(28)23-14-13-21(27-4)16-22(23)24(18(25)3)19-9-8-10-20(26)12-11-19/h8-10,13-14,16,18-19,24,27H,5-7,15,17,26H2,1-4H3/t18-,19?,24-,25-,29?/m0/s1. The molecule has 1 aliphatic carbocycles. The number of nitrogens with one attached hydrogen (secondary N) is 1. The van der Waals surface area contributed by atoms with Crippen LogP contribution in [0, 0.1) is 29.1 Å². The number of anilines is 1. The lowest BCUT2D eigenvalue weighted by molar-refractivity contribution is 0.140. The molecule has 0 bridgehead atoms. The van der Waals surface area contributed by atoms with Crippen LogP contribution < -0.4 is 11.1 Å². The van der Waals surface area contributed by atoms with Gasteiger partial charge in [0.2, 0.25) is 0 Å². The first-order valence-corrected chi connectivity index (χ1v) is 12.1. The molecule has 0 fully saturated rings. The summed E-state index contributed by atoms with van der Waals surface area (Å²) in [5.74, 6) is 7.88. The van der Waals surface area contributed by atoms with E-state index in [-0.39, 0.29) is 17.3 Å². The van der Waals surface area contributed by atoms with Gasteiger partial charge < -0.3 is 15.6 Å². The van der Waals surface area contributed by atoms with Crippen LogP contribution in [0.2, 0.25) is 0 Å².